The van der Waals surface area contributed by atoms with E-state index in [4.69, 9.17) is 4.74 Å². The second kappa shape index (κ2) is 8.81. The van der Waals surface area contributed by atoms with Crippen molar-refractivity contribution in [1.82, 2.24) is 19.4 Å². The van der Waals surface area contributed by atoms with Crippen LogP contribution >= 0.6 is 0 Å². The molecule has 3 aromatic rings. The third kappa shape index (κ3) is 4.57. The average molecular weight is 403 g/mol. The summed E-state index contributed by atoms with van der Waals surface area (Å²) >= 11 is 0. The van der Waals surface area contributed by atoms with Crippen molar-refractivity contribution in [1.29, 1.82) is 0 Å². The maximum atomic E-state index is 12.4. The summed E-state index contributed by atoms with van der Waals surface area (Å²) in [6.45, 7) is 3.83. The Morgan fingerprint density at radius 2 is 2.00 bits per heavy atom. The number of sulfone groups is 1. The molecular formula is C20H26N4O3S. The number of ether oxygens (including phenoxy) is 1. The summed E-state index contributed by atoms with van der Waals surface area (Å²) in [5, 5.41) is 1.22. The number of rotatable bonds is 9. The molecule has 7 nitrogen and oxygen atoms in total. The SMILES string of the molecule is CCS(=O)(=O)c1ncc(CN(C)Cc2ccc3ncccc3c2)n1CCOC. The van der Waals surface area contributed by atoms with Crippen LogP contribution in [0.2, 0.25) is 0 Å². The van der Waals surface area contributed by atoms with Gasteiger partial charge in [-0.3, -0.25) is 9.88 Å². The molecule has 0 spiro atoms. The molecule has 2 heterocycles. The summed E-state index contributed by atoms with van der Waals surface area (Å²) in [5.74, 6) is 0.0252. The van der Waals surface area contributed by atoms with E-state index in [1.807, 2.05) is 25.2 Å². The lowest BCUT2D eigenvalue weighted by molar-refractivity contribution is 0.182. The Labute approximate surface area is 165 Å². The summed E-state index contributed by atoms with van der Waals surface area (Å²) in [5.41, 5.74) is 3.00. The molecule has 8 heteroatoms. The Morgan fingerprint density at radius 1 is 1.18 bits per heavy atom. The molecule has 0 aliphatic rings. The summed E-state index contributed by atoms with van der Waals surface area (Å²) in [7, 11) is 0.225. The first-order valence-electron chi connectivity index (χ1n) is 9.23. The third-order valence-electron chi connectivity index (χ3n) is 4.63. The highest BCUT2D eigenvalue weighted by molar-refractivity contribution is 7.91. The lowest BCUT2D eigenvalue weighted by atomic mass is 10.1. The van der Waals surface area contributed by atoms with Crippen LogP contribution in [0.1, 0.15) is 18.2 Å². The van der Waals surface area contributed by atoms with E-state index in [-0.39, 0.29) is 10.9 Å². The molecule has 0 atom stereocenters. The first kappa shape index (κ1) is 20.4. The molecule has 0 bridgehead atoms. The Hall–Kier alpha value is -2.29. The first-order chi connectivity index (χ1) is 13.4. The fraction of sp³-hybridized carbons (Fsp3) is 0.400. The van der Waals surface area contributed by atoms with Crippen molar-refractivity contribution >= 4 is 20.7 Å². The zero-order valence-corrected chi connectivity index (χ0v) is 17.3. The molecule has 3 rings (SSSR count). The van der Waals surface area contributed by atoms with Crippen LogP contribution in [0.15, 0.2) is 47.9 Å². The van der Waals surface area contributed by atoms with Crippen molar-refractivity contribution < 1.29 is 13.2 Å². The lowest BCUT2D eigenvalue weighted by Gasteiger charge is -2.19. The molecule has 0 aliphatic carbocycles. The number of aromatic nitrogens is 3. The minimum absolute atomic E-state index is 0.0252. The van der Waals surface area contributed by atoms with Gasteiger partial charge in [-0.1, -0.05) is 19.1 Å². The Morgan fingerprint density at radius 3 is 2.75 bits per heavy atom. The number of hydrogen-bond donors (Lipinski definition) is 0. The van der Waals surface area contributed by atoms with Gasteiger partial charge in [0.05, 0.1) is 29.8 Å². The average Bonchev–Trinajstić information content (AvgIpc) is 3.09. The van der Waals surface area contributed by atoms with E-state index >= 15 is 0 Å². The number of imidazole rings is 1. The molecule has 2 aromatic heterocycles. The van der Waals surface area contributed by atoms with Crippen molar-refractivity contribution in [3.63, 3.8) is 0 Å². The minimum Gasteiger partial charge on any atom is -0.383 e. The fourth-order valence-corrected chi connectivity index (χ4v) is 4.20. The topological polar surface area (TPSA) is 77.3 Å². The first-order valence-corrected chi connectivity index (χ1v) is 10.9. The van der Waals surface area contributed by atoms with Crippen LogP contribution in [0.4, 0.5) is 0 Å². The molecule has 0 N–H and O–H groups in total. The summed E-state index contributed by atoms with van der Waals surface area (Å²) in [6.07, 6.45) is 3.44. The fourth-order valence-electron chi connectivity index (χ4n) is 3.18. The van der Waals surface area contributed by atoms with Crippen LogP contribution in [0, 0.1) is 0 Å². The van der Waals surface area contributed by atoms with Crippen LogP contribution in [0.25, 0.3) is 10.9 Å². The van der Waals surface area contributed by atoms with Crippen LogP contribution in [0.3, 0.4) is 0 Å². The predicted molar refractivity (Wildman–Crippen MR) is 109 cm³/mol. The molecule has 150 valence electrons. The summed E-state index contributed by atoms with van der Waals surface area (Å²) in [6, 6.07) is 10.2. The Kier molecular flexibility index (Phi) is 6.43. The van der Waals surface area contributed by atoms with E-state index in [0.29, 0.717) is 19.7 Å². The van der Waals surface area contributed by atoms with Gasteiger partial charge >= 0.3 is 0 Å². The highest BCUT2D eigenvalue weighted by Crippen LogP contribution is 2.18. The van der Waals surface area contributed by atoms with Crippen molar-refractivity contribution in [3.8, 4) is 0 Å². The predicted octanol–water partition coefficient (Wildman–Crippen LogP) is 2.50. The van der Waals surface area contributed by atoms with Gasteiger partial charge in [0.2, 0.25) is 15.0 Å². The molecule has 28 heavy (non-hydrogen) atoms. The number of hydrogen-bond acceptors (Lipinski definition) is 6. The van der Waals surface area contributed by atoms with Gasteiger partial charge < -0.3 is 9.30 Å². The molecule has 0 radical (unpaired) electrons. The van der Waals surface area contributed by atoms with E-state index in [1.54, 1.807) is 31.0 Å². The van der Waals surface area contributed by atoms with E-state index in [1.165, 1.54) is 5.56 Å². The smallest absolute Gasteiger partial charge is 0.227 e. The summed E-state index contributed by atoms with van der Waals surface area (Å²) in [4.78, 5) is 10.7. The number of pyridine rings is 1. The van der Waals surface area contributed by atoms with Crippen molar-refractivity contribution in [2.75, 3.05) is 26.5 Å². The Bertz CT molecular complexity index is 1050. The quantitative estimate of drug-likeness (QED) is 0.547. The molecule has 0 saturated carbocycles. The van der Waals surface area contributed by atoms with Crippen LogP contribution < -0.4 is 0 Å². The van der Waals surface area contributed by atoms with E-state index in [2.05, 4.69) is 27.0 Å². The highest BCUT2D eigenvalue weighted by Gasteiger charge is 2.22. The van der Waals surface area contributed by atoms with Gasteiger partial charge in [0, 0.05) is 38.3 Å². The normalized spacial score (nSPS) is 12.1. The second-order valence-corrected chi connectivity index (χ2v) is 8.95. The minimum atomic E-state index is -3.39. The molecular weight excluding hydrogens is 376 g/mol. The van der Waals surface area contributed by atoms with Gasteiger partial charge in [0.1, 0.15) is 0 Å². The van der Waals surface area contributed by atoms with Crippen LogP contribution in [-0.4, -0.2) is 54.4 Å². The van der Waals surface area contributed by atoms with E-state index in [0.717, 1.165) is 23.1 Å². The number of fused-ring (bicyclic) bond motifs is 1. The molecule has 1 aromatic carbocycles. The molecule has 0 aliphatic heterocycles. The monoisotopic (exact) mass is 402 g/mol. The summed E-state index contributed by atoms with van der Waals surface area (Å²) < 4.78 is 31.6. The van der Waals surface area contributed by atoms with E-state index in [9.17, 15) is 8.42 Å². The van der Waals surface area contributed by atoms with Crippen molar-refractivity contribution in [2.24, 2.45) is 0 Å². The zero-order chi connectivity index (χ0) is 20.1. The van der Waals surface area contributed by atoms with Crippen LogP contribution in [0.5, 0.6) is 0 Å². The highest BCUT2D eigenvalue weighted by atomic mass is 32.2. The van der Waals surface area contributed by atoms with Crippen molar-refractivity contribution in [3.05, 3.63) is 54.0 Å². The maximum Gasteiger partial charge on any atom is 0.227 e. The van der Waals surface area contributed by atoms with Gasteiger partial charge in [-0.2, -0.15) is 0 Å². The largest absolute Gasteiger partial charge is 0.383 e. The van der Waals surface area contributed by atoms with Crippen molar-refractivity contribution in [2.45, 2.75) is 31.7 Å². The van der Waals surface area contributed by atoms with Gasteiger partial charge in [-0.05, 0) is 30.8 Å². The number of methoxy groups -OCH3 is 1. The number of nitrogens with zero attached hydrogens (tertiary/aromatic N) is 4. The maximum absolute atomic E-state index is 12.4. The number of benzene rings is 1. The molecule has 0 saturated heterocycles. The van der Waals surface area contributed by atoms with Crippen LogP contribution in [-0.2, 0) is 34.2 Å². The van der Waals surface area contributed by atoms with Gasteiger partial charge in [0.15, 0.2) is 0 Å². The van der Waals surface area contributed by atoms with Gasteiger partial charge in [-0.15, -0.1) is 0 Å². The third-order valence-corrected chi connectivity index (χ3v) is 6.27. The second-order valence-electron chi connectivity index (χ2n) is 6.78. The molecule has 0 fully saturated rings. The standard InChI is InChI=1S/C20H26N4O3S/c1-4-28(25,26)20-22-13-18(24(20)10-11-27-3)15-23(2)14-16-7-8-19-17(12-16)6-5-9-21-19/h5-9,12-13H,4,10-11,14-15H2,1-3H3. The zero-order valence-electron chi connectivity index (χ0n) is 16.5. The van der Waals surface area contributed by atoms with E-state index < -0.39 is 9.84 Å². The lowest BCUT2D eigenvalue weighted by Crippen LogP contribution is -2.22. The molecule has 0 unspecified atom stereocenters. The molecule has 0 amide bonds. The van der Waals surface area contributed by atoms with Gasteiger partial charge in [0.25, 0.3) is 0 Å². The van der Waals surface area contributed by atoms with Gasteiger partial charge in [-0.25, -0.2) is 13.4 Å². The Balaban J connectivity index is 1.79.